The summed E-state index contributed by atoms with van der Waals surface area (Å²) in [6.07, 6.45) is -2.77. The van der Waals surface area contributed by atoms with Crippen LogP contribution in [-0.2, 0) is 44.5 Å². The fourth-order valence-electron chi connectivity index (χ4n) is 10.7. The maximum absolute atomic E-state index is 14.2. The number of aliphatic hydroxyl groups excluding tert-OH is 2. The molecule has 3 N–H and O–H groups in total. The molecule has 0 amide bonds. The molecule has 2 saturated heterocycles. The van der Waals surface area contributed by atoms with Gasteiger partial charge in [0.25, 0.3) is 0 Å². The number of nitrogens with zero attached hydrogens (tertiary/aromatic N) is 1. The van der Waals surface area contributed by atoms with Gasteiger partial charge in [-0.05, 0) is 60.3 Å². The Hall–Kier alpha value is -4.11. The first-order chi connectivity index (χ1) is 25.0. The molecule has 0 radical (unpaired) electrons. The normalized spacial score (nSPS) is 35.0. The lowest BCUT2D eigenvalue weighted by Crippen LogP contribution is -2.85. The van der Waals surface area contributed by atoms with Crippen LogP contribution in [0.2, 0.25) is 0 Å². The number of hydrogen-bond acceptors (Lipinski definition) is 14. The minimum Gasteiger partial charge on any atom is -0.462 e. The molecular formula is C39H47NO13. The van der Waals surface area contributed by atoms with Crippen molar-refractivity contribution in [1.82, 2.24) is 0 Å². The van der Waals surface area contributed by atoms with Crippen molar-refractivity contribution in [3.05, 3.63) is 52.4 Å². The van der Waals surface area contributed by atoms with Gasteiger partial charge in [-0.2, -0.15) is 0 Å². The van der Waals surface area contributed by atoms with E-state index in [9.17, 15) is 39.3 Å². The van der Waals surface area contributed by atoms with Crippen molar-refractivity contribution in [2.45, 2.75) is 82.9 Å². The molecule has 2 spiro atoms. The van der Waals surface area contributed by atoms with Gasteiger partial charge in [0.2, 0.25) is 5.79 Å². The van der Waals surface area contributed by atoms with Crippen LogP contribution in [0.4, 0.5) is 5.69 Å². The highest BCUT2D eigenvalue weighted by atomic mass is 16.7. The summed E-state index contributed by atoms with van der Waals surface area (Å²) in [5.74, 6) is -7.00. The van der Waals surface area contributed by atoms with Crippen LogP contribution < -0.4 is 10.5 Å². The number of aliphatic hydroxyl groups is 3. The number of Topliss-reactive ketones (excluding diaryl/α,β-unsaturated/α-hetero) is 1. The third-order valence-corrected chi connectivity index (χ3v) is 12.9. The van der Waals surface area contributed by atoms with E-state index in [1.807, 2.05) is 38.9 Å². The van der Waals surface area contributed by atoms with Gasteiger partial charge in [0.15, 0.2) is 5.78 Å². The summed E-state index contributed by atoms with van der Waals surface area (Å²) in [5, 5.41) is 36.3. The Morgan fingerprint density at radius 2 is 1.68 bits per heavy atom. The Balaban J connectivity index is 0.960. The van der Waals surface area contributed by atoms with Crippen LogP contribution in [0, 0.1) is 34.0 Å². The lowest BCUT2D eigenvalue weighted by atomic mass is 9.35. The first-order valence-corrected chi connectivity index (χ1v) is 18.2. The molecule has 3 heterocycles. The van der Waals surface area contributed by atoms with E-state index in [4.69, 9.17) is 23.4 Å². The van der Waals surface area contributed by atoms with Crippen molar-refractivity contribution < 1.29 is 57.9 Å². The van der Waals surface area contributed by atoms with E-state index < -0.39 is 93.8 Å². The minimum atomic E-state index is -2.38. The highest BCUT2D eigenvalue weighted by Crippen LogP contribution is 2.76. The maximum atomic E-state index is 14.2. The number of ketones is 1. The van der Waals surface area contributed by atoms with Gasteiger partial charge in [0.1, 0.15) is 36.4 Å². The first-order valence-electron chi connectivity index (χ1n) is 18.2. The SMILES string of the molecule is C=C1C(=O)[C@]23[C@H](OC(=O)CCC(=O)OCCOC(=O)Cc4cc(=O)oc5cc(N(C)C)ccc45)[C@H]1CC[C@H]2[C@@]12CO[C@@]3(O)[C@@H](O)[C@@H]1C(C)(C)CC[C@@H]2O. The zero-order chi connectivity index (χ0) is 38.2. The fraction of sp³-hybridized carbons (Fsp3) is 0.615. The molecule has 14 nitrogen and oxygen atoms in total. The Bertz CT molecular complexity index is 1930. The van der Waals surface area contributed by atoms with Crippen molar-refractivity contribution >= 4 is 40.3 Å². The number of carbonyl (C=O) groups is 4. The number of rotatable bonds is 10. The molecule has 0 unspecified atom stereocenters. The molecule has 14 heteroatoms. The molecule has 286 valence electrons. The Morgan fingerprint density at radius 3 is 2.40 bits per heavy atom. The molecule has 4 aliphatic carbocycles. The molecule has 6 fully saturated rings. The van der Waals surface area contributed by atoms with Crippen LogP contribution >= 0.6 is 0 Å². The highest BCUT2D eigenvalue weighted by molar-refractivity contribution is 6.05. The number of fused-ring (bicyclic) bond motifs is 3. The quantitative estimate of drug-likeness (QED) is 0.105. The third kappa shape index (κ3) is 5.46. The maximum Gasteiger partial charge on any atom is 0.336 e. The molecule has 1 aromatic heterocycles. The first kappa shape index (κ1) is 37.2. The van der Waals surface area contributed by atoms with Gasteiger partial charge in [0, 0.05) is 54.6 Å². The second-order valence-electron chi connectivity index (χ2n) is 16.2. The summed E-state index contributed by atoms with van der Waals surface area (Å²) in [6, 6.07) is 6.51. The molecule has 2 aliphatic heterocycles. The second-order valence-corrected chi connectivity index (χ2v) is 16.2. The molecule has 9 atom stereocenters. The van der Waals surface area contributed by atoms with E-state index in [0.29, 0.717) is 42.2 Å². The molecule has 53 heavy (non-hydrogen) atoms. The minimum absolute atomic E-state index is 0.0489. The van der Waals surface area contributed by atoms with Gasteiger partial charge in [-0.25, -0.2) is 4.79 Å². The summed E-state index contributed by atoms with van der Waals surface area (Å²) in [5.41, 5.74) is -2.27. The zero-order valence-electron chi connectivity index (χ0n) is 30.4. The molecule has 8 rings (SSSR count). The second kappa shape index (κ2) is 13.0. The molecular weight excluding hydrogens is 690 g/mol. The van der Waals surface area contributed by atoms with Gasteiger partial charge in [-0.15, -0.1) is 0 Å². The molecule has 1 aromatic carbocycles. The van der Waals surface area contributed by atoms with E-state index >= 15 is 0 Å². The van der Waals surface area contributed by atoms with Crippen LogP contribution in [0.3, 0.4) is 0 Å². The Labute approximate surface area is 306 Å². The lowest BCUT2D eigenvalue weighted by molar-refractivity contribution is -0.458. The van der Waals surface area contributed by atoms with E-state index in [0.717, 1.165) is 5.69 Å². The smallest absolute Gasteiger partial charge is 0.336 e. The van der Waals surface area contributed by atoms with Crippen LogP contribution in [0.1, 0.15) is 57.9 Å². The van der Waals surface area contributed by atoms with Crippen LogP contribution in [0.15, 0.2) is 45.6 Å². The molecule has 4 saturated carbocycles. The van der Waals surface area contributed by atoms with Gasteiger partial charge < -0.3 is 43.6 Å². The van der Waals surface area contributed by atoms with Crippen LogP contribution in [-0.4, -0.2) is 97.0 Å². The number of carbonyl (C=O) groups excluding carboxylic acids is 4. The Morgan fingerprint density at radius 1 is 0.981 bits per heavy atom. The largest absolute Gasteiger partial charge is 0.462 e. The van der Waals surface area contributed by atoms with E-state index in [1.54, 1.807) is 12.1 Å². The van der Waals surface area contributed by atoms with Crippen molar-refractivity contribution in [2.24, 2.45) is 34.0 Å². The van der Waals surface area contributed by atoms with Crippen molar-refractivity contribution in [3.8, 4) is 0 Å². The number of hydrogen-bond donors (Lipinski definition) is 3. The van der Waals surface area contributed by atoms with E-state index in [-0.39, 0.29) is 38.2 Å². The molecule has 4 bridgehead atoms. The van der Waals surface area contributed by atoms with Gasteiger partial charge >= 0.3 is 23.5 Å². The summed E-state index contributed by atoms with van der Waals surface area (Å²) in [7, 11) is 3.69. The average molecular weight is 738 g/mol. The predicted octanol–water partition coefficient (Wildman–Crippen LogP) is 2.21. The third-order valence-electron chi connectivity index (χ3n) is 12.9. The highest BCUT2D eigenvalue weighted by Gasteiger charge is 2.87. The van der Waals surface area contributed by atoms with E-state index in [1.165, 1.54) is 6.07 Å². The number of ether oxygens (including phenoxy) is 4. The Kier molecular flexibility index (Phi) is 9.15. The number of benzene rings is 1. The standard InChI is InChI=1S/C39H47NO13/c1-20-23-8-9-26-37-19-51-39(48,34(47)32(37)36(2,3)13-12-27(37)41)38(26,33(20)46)35(23)53-29(43)11-10-28(42)49-14-15-50-30(44)16-21-17-31(45)52-25-18-22(40(4)5)6-7-24(21)25/h6-7,17-18,23,26-27,32,34-35,41,47-48H,1,8-16,19H2,2-5H3/t23-,26-,27-,32+,34-,35+,37+,38-,39-/m0/s1. The predicted molar refractivity (Wildman–Crippen MR) is 186 cm³/mol. The summed E-state index contributed by atoms with van der Waals surface area (Å²) in [4.78, 5) is 66.6. The fourth-order valence-corrected chi connectivity index (χ4v) is 10.7. The topological polar surface area (TPSA) is 199 Å². The summed E-state index contributed by atoms with van der Waals surface area (Å²) >= 11 is 0. The van der Waals surface area contributed by atoms with Crippen LogP contribution in [0.5, 0.6) is 0 Å². The number of esters is 3. The molecule has 2 aromatic rings. The van der Waals surface area contributed by atoms with Gasteiger partial charge in [-0.1, -0.05) is 20.4 Å². The van der Waals surface area contributed by atoms with Gasteiger partial charge in [0.05, 0.1) is 32.0 Å². The van der Waals surface area contributed by atoms with Crippen molar-refractivity contribution in [3.63, 3.8) is 0 Å². The van der Waals surface area contributed by atoms with E-state index in [2.05, 4.69) is 6.58 Å². The monoisotopic (exact) mass is 737 g/mol. The summed E-state index contributed by atoms with van der Waals surface area (Å²) < 4.78 is 27.7. The molecule has 6 aliphatic rings. The number of anilines is 1. The zero-order valence-corrected chi connectivity index (χ0v) is 30.4. The van der Waals surface area contributed by atoms with Crippen LogP contribution in [0.25, 0.3) is 11.0 Å². The van der Waals surface area contributed by atoms with Crippen molar-refractivity contribution in [1.29, 1.82) is 0 Å². The summed E-state index contributed by atoms with van der Waals surface area (Å²) in [6.45, 7) is 7.39. The van der Waals surface area contributed by atoms with Crippen molar-refractivity contribution in [2.75, 3.05) is 38.8 Å². The lowest BCUT2D eigenvalue weighted by Gasteiger charge is -2.74. The average Bonchev–Trinajstić information content (AvgIpc) is 3.21. The van der Waals surface area contributed by atoms with Gasteiger partial charge in [-0.3, -0.25) is 19.2 Å².